The van der Waals surface area contributed by atoms with Gasteiger partial charge in [0.1, 0.15) is 23.1 Å². The highest BCUT2D eigenvalue weighted by Crippen LogP contribution is 2.26. The van der Waals surface area contributed by atoms with E-state index in [4.69, 9.17) is 9.47 Å². The van der Waals surface area contributed by atoms with E-state index in [1.165, 1.54) is 26.4 Å². The summed E-state index contributed by atoms with van der Waals surface area (Å²) in [7, 11) is -0.678. The smallest absolute Gasteiger partial charge is 0.240 e. The average molecular weight is 366 g/mol. The van der Waals surface area contributed by atoms with Gasteiger partial charge in [0.15, 0.2) is 0 Å². The summed E-state index contributed by atoms with van der Waals surface area (Å²) in [6.07, 6.45) is 1.68. The van der Waals surface area contributed by atoms with Crippen molar-refractivity contribution in [1.82, 2.24) is 19.5 Å². The minimum atomic E-state index is -3.65. The lowest BCUT2D eigenvalue weighted by molar-refractivity contribution is 0.359. The molecule has 3 rings (SSSR count). The molecule has 136 valence electrons. The number of methoxy groups -OCH3 is 2. The van der Waals surface area contributed by atoms with Crippen LogP contribution < -0.4 is 14.2 Å². The van der Waals surface area contributed by atoms with Crippen molar-refractivity contribution < 1.29 is 17.9 Å². The highest BCUT2D eigenvalue weighted by atomic mass is 32.2. The van der Waals surface area contributed by atoms with Crippen LogP contribution in [0.15, 0.2) is 23.1 Å². The van der Waals surface area contributed by atoms with Gasteiger partial charge in [0.2, 0.25) is 10.0 Å². The fourth-order valence-corrected chi connectivity index (χ4v) is 4.11. The second kappa shape index (κ2) is 7.01. The van der Waals surface area contributed by atoms with Gasteiger partial charge < -0.3 is 14.0 Å². The summed E-state index contributed by atoms with van der Waals surface area (Å²) in [4.78, 5) is 0.126. The van der Waals surface area contributed by atoms with Gasteiger partial charge in [-0.2, -0.15) is 0 Å². The number of rotatable bonds is 6. The number of ether oxygens (including phenoxy) is 2. The summed E-state index contributed by atoms with van der Waals surface area (Å²) in [6, 6.07) is 4.60. The Morgan fingerprint density at radius 2 is 1.88 bits per heavy atom. The van der Waals surface area contributed by atoms with Crippen molar-refractivity contribution in [3.05, 3.63) is 29.8 Å². The zero-order valence-electron chi connectivity index (χ0n) is 14.5. The van der Waals surface area contributed by atoms with E-state index in [-0.39, 0.29) is 10.8 Å². The zero-order chi connectivity index (χ0) is 18.0. The van der Waals surface area contributed by atoms with Crippen LogP contribution in [-0.4, -0.2) is 43.9 Å². The fraction of sp³-hybridized carbons (Fsp3) is 0.500. The third-order valence-electron chi connectivity index (χ3n) is 4.43. The topological polar surface area (TPSA) is 95.3 Å². The molecular weight excluding hydrogens is 344 g/mol. The largest absolute Gasteiger partial charge is 0.497 e. The summed E-state index contributed by atoms with van der Waals surface area (Å²) in [5.74, 6) is 2.89. The standard InChI is InChI=1S/C16H22N4O4S/c1-11-18-19-16-5-4-12(10-20(11)16)9-17-25(21,22)15-7-13(23-2)6-14(8-15)24-3/h6-8,12,17H,4-5,9-10H2,1-3H3. The number of nitrogens with zero attached hydrogens (tertiary/aromatic N) is 3. The SMILES string of the molecule is COc1cc(OC)cc(S(=O)(=O)NCC2CCc3nnc(C)n3C2)c1. The highest BCUT2D eigenvalue weighted by molar-refractivity contribution is 7.89. The lowest BCUT2D eigenvalue weighted by atomic mass is 10.00. The van der Waals surface area contributed by atoms with Gasteiger partial charge in [-0.3, -0.25) is 0 Å². The van der Waals surface area contributed by atoms with Crippen LogP contribution in [0.4, 0.5) is 0 Å². The molecule has 25 heavy (non-hydrogen) atoms. The van der Waals surface area contributed by atoms with Crippen molar-refractivity contribution in [3.8, 4) is 11.5 Å². The fourth-order valence-electron chi connectivity index (χ4n) is 2.94. The van der Waals surface area contributed by atoms with Crippen molar-refractivity contribution >= 4 is 10.0 Å². The molecule has 0 aliphatic carbocycles. The molecule has 1 atom stereocenters. The van der Waals surface area contributed by atoms with Crippen molar-refractivity contribution in [2.75, 3.05) is 20.8 Å². The quantitative estimate of drug-likeness (QED) is 0.824. The number of sulfonamides is 1. The third-order valence-corrected chi connectivity index (χ3v) is 5.83. The van der Waals surface area contributed by atoms with Gasteiger partial charge in [-0.15, -0.1) is 10.2 Å². The van der Waals surface area contributed by atoms with Crippen LogP contribution >= 0.6 is 0 Å². The Morgan fingerprint density at radius 1 is 1.20 bits per heavy atom. The molecule has 8 nitrogen and oxygen atoms in total. The molecule has 2 aromatic rings. The molecule has 1 aromatic heterocycles. The van der Waals surface area contributed by atoms with Crippen LogP contribution in [0, 0.1) is 12.8 Å². The van der Waals surface area contributed by atoms with Gasteiger partial charge in [0.05, 0.1) is 19.1 Å². The van der Waals surface area contributed by atoms with Crippen molar-refractivity contribution in [3.63, 3.8) is 0 Å². The molecule has 1 N–H and O–H groups in total. The Bertz CT molecular complexity index is 841. The van der Waals surface area contributed by atoms with Crippen molar-refractivity contribution in [2.45, 2.75) is 31.2 Å². The normalized spacial score (nSPS) is 17.2. The van der Waals surface area contributed by atoms with Crippen LogP contribution in [-0.2, 0) is 23.0 Å². The minimum Gasteiger partial charge on any atom is -0.497 e. The van der Waals surface area contributed by atoms with Gasteiger partial charge in [0.25, 0.3) is 0 Å². The number of nitrogens with one attached hydrogen (secondary N) is 1. The lowest BCUT2D eigenvalue weighted by Gasteiger charge is -2.24. The van der Waals surface area contributed by atoms with E-state index in [0.29, 0.717) is 18.0 Å². The molecule has 0 saturated carbocycles. The molecule has 1 aliphatic rings. The zero-order valence-corrected chi connectivity index (χ0v) is 15.3. The van der Waals surface area contributed by atoms with Crippen LogP contribution in [0.25, 0.3) is 0 Å². The van der Waals surface area contributed by atoms with Gasteiger partial charge in [-0.05, 0) is 19.3 Å². The summed E-state index contributed by atoms with van der Waals surface area (Å²) >= 11 is 0. The van der Waals surface area contributed by atoms with Gasteiger partial charge in [-0.1, -0.05) is 0 Å². The maximum Gasteiger partial charge on any atom is 0.240 e. The van der Waals surface area contributed by atoms with Crippen molar-refractivity contribution in [1.29, 1.82) is 0 Å². The average Bonchev–Trinajstić information content (AvgIpc) is 3.00. The first-order valence-electron chi connectivity index (χ1n) is 8.04. The molecule has 1 aliphatic heterocycles. The van der Waals surface area contributed by atoms with Crippen LogP contribution in [0.2, 0.25) is 0 Å². The number of aryl methyl sites for hydroxylation is 2. The molecule has 9 heteroatoms. The Morgan fingerprint density at radius 3 is 2.52 bits per heavy atom. The predicted octanol–water partition coefficient (Wildman–Crippen LogP) is 1.14. The molecule has 0 amide bonds. The van der Waals surface area contributed by atoms with E-state index in [9.17, 15) is 8.42 Å². The monoisotopic (exact) mass is 366 g/mol. The van der Waals surface area contributed by atoms with E-state index < -0.39 is 10.0 Å². The molecule has 2 heterocycles. The van der Waals surface area contributed by atoms with Crippen LogP contribution in [0.3, 0.4) is 0 Å². The van der Waals surface area contributed by atoms with E-state index in [1.54, 1.807) is 6.07 Å². The van der Waals surface area contributed by atoms with Crippen molar-refractivity contribution in [2.24, 2.45) is 5.92 Å². The summed E-state index contributed by atoms with van der Waals surface area (Å²) in [6.45, 7) is 2.99. The van der Waals surface area contributed by atoms with E-state index >= 15 is 0 Å². The number of fused-ring (bicyclic) bond motifs is 1. The minimum absolute atomic E-state index is 0.126. The van der Waals surface area contributed by atoms with Gasteiger partial charge in [0, 0.05) is 37.7 Å². The highest BCUT2D eigenvalue weighted by Gasteiger charge is 2.24. The molecule has 1 unspecified atom stereocenters. The second-order valence-corrected chi connectivity index (χ2v) is 7.85. The molecule has 1 aromatic carbocycles. The summed E-state index contributed by atoms with van der Waals surface area (Å²) < 4.78 is 40.3. The molecular formula is C16H22N4O4S. The summed E-state index contributed by atoms with van der Waals surface area (Å²) in [5, 5.41) is 8.21. The Kier molecular flexibility index (Phi) is 4.96. The summed E-state index contributed by atoms with van der Waals surface area (Å²) in [5.41, 5.74) is 0. The van der Waals surface area contributed by atoms with Crippen LogP contribution in [0.1, 0.15) is 18.1 Å². The Balaban J connectivity index is 1.71. The maximum atomic E-state index is 12.6. The molecule has 0 fully saturated rings. The number of hydrogen-bond donors (Lipinski definition) is 1. The van der Waals surface area contributed by atoms with E-state index in [0.717, 1.165) is 31.0 Å². The Labute approximate surface area is 147 Å². The first-order chi connectivity index (χ1) is 11.9. The Hall–Kier alpha value is -2.13. The first-order valence-corrected chi connectivity index (χ1v) is 9.52. The van der Waals surface area contributed by atoms with E-state index in [1.807, 2.05) is 6.92 Å². The van der Waals surface area contributed by atoms with Gasteiger partial charge >= 0.3 is 0 Å². The molecule has 0 spiro atoms. The number of hydrogen-bond acceptors (Lipinski definition) is 6. The third kappa shape index (κ3) is 3.77. The van der Waals surface area contributed by atoms with Crippen LogP contribution in [0.5, 0.6) is 11.5 Å². The van der Waals surface area contributed by atoms with Gasteiger partial charge in [-0.25, -0.2) is 13.1 Å². The van der Waals surface area contributed by atoms with E-state index in [2.05, 4.69) is 19.5 Å². The molecule has 0 bridgehead atoms. The predicted molar refractivity (Wildman–Crippen MR) is 91.3 cm³/mol. The maximum absolute atomic E-state index is 12.6. The number of benzene rings is 1. The molecule has 0 saturated heterocycles. The molecule has 0 radical (unpaired) electrons. The number of aromatic nitrogens is 3. The second-order valence-electron chi connectivity index (χ2n) is 6.08. The lowest BCUT2D eigenvalue weighted by Crippen LogP contribution is -2.34. The first kappa shape index (κ1) is 17.7.